The maximum atomic E-state index is 11.8. The van der Waals surface area contributed by atoms with Crippen molar-refractivity contribution in [3.63, 3.8) is 0 Å². The van der Waals surface area contributed by atoms with Crippen molar-refractivity contribution >= 4 is 5.78 Å². The molecule has 2 rings (SSSR count). The SMILES string of the molecule is C[C@]12C/C(=C/O)C(=O)C=C1CCCCOCCO2. The van der Waals surface area contributed by atoms with Crippen molar-refractivity contribution in [2.24, 2.45) is 0 Å². The minimum atomic E-state index is -0.483. The molecule has 0 saturated carbocycles. The van der Waals surface area contributed by atoms with Gasteiger partial charge < -0.3 is 14.6 Å². The minimum Gasteiger partial charge on any atom is -0.515 e. The van der Waals surface area contributed by atoms with Gasteiger partial charge in [-0.05, 0) is 37.8 Å². The third-order valence-corrected chi connectivity index (χ3v) is 3.62. The highest BCUT2D eigenvalue weighted by molar-refractivity contribution is 6.05. The summed E-state index contributed by atoms with van der Waals surface area (Å²) < 4.78 is 11.3. The summed E-state index contributed by atoms with van der Waals surface area (Å²) in [5, 5.41) is 9.10. The molecular weight excluding hydrogens is 232 g/mol. The average molecular weight is 252 g/mol. The summed E-state index contributed by atoms with van der Waals surface area (Å²) in [6.45, 7) is 3.83. The molecule has 1 N–H and O–H groups in total. The number of hydrogen-bond donors (Lipinski definition) is 1. The third kappa shape index (κ3) is 2.82. The molecule has 0 aromatic carbocycles. The van der Waals surface area contributed by atoms with Crippen molar-refractivity contribution in [3.05, 3.63) is 23.5 Å². The Labute approximate surface area is 107 Å². The zero-order chi connectivity index (χ0) is 13.0. The molecule has 4 heteroatoms. The molecule has 0 unspecified atom stereocenters. The Morgan fingerprint density at radius 3 is 2.94 bits per heavy atom. The van der Waals surface area contributed by atoms with Crippen molar-refractivity contribution in [2.75, 3.05) is 19.8 Å². The van der Waals surface area contributed by atoms with Crippen molar-refractivity contribution in [3.8, 4) is 0 Å². The molecule has 1 atom stereocenters. The fraction of sp³-hybridized carbons (Fsp3) is 0.643. The number of fused-ring (bicyclic) bond motifs is 1. The van der Waals surface area contributed by atoms with Crippen molar-refractivity contribution in [1.29, 1.82) is 0 Å². The standard InChI is InChI=1S/C14H20O4/c1-14-9-11(10-15)13(16)8-12(14)4-2-3-5-17-6-7-18-14/h8,10,15H,2-7,9H2,1H3/b11-10-/t14-/m0/s1. The molecule has 4 nitrogen and oxygen atoms in total. The Morgan fingerprint density at radius 2 is 2.17 bits per heavy atom. The van der Waals surface area contributed by atoms with Gasteiger partial charge >= 0.3 is 0 Å². The van der Waals surface area contributed by atoms with Crippen LogP contribution in [0, 0.1) is 0 Å². The van der Waals surface area contributed by atoms with Crippen LogP contribution < -0.4 is 0 Å². The lowest BCUT2D eigenvalue weighted by molar-refractivity contribution is -0.113. The predicted octanol–water partition coefficient (Wildman–Crippen LogP) is 2.30. The van der Waals surface area contributed by atoms with E-state index >= 15 is 0 Å². The van der Waals surface area contributed by atoms with Gasteiger partial charge in [-0.1, -0.05) is 0 Å². The van der Waals surface area contributed by atoms with Gasteiger partial charge in [0.15, 0.2) is 5.78 Å². The number of ether oxygens (including phenoxy) is 2. The van der Waals surface area contributed by atoms with Gasteiger partial charge in [0, 0.05) is 18.6 Å². The molecule has 0 spiro atoms. The number of aliphatic hydroxyl groups is 1. The summed E-state index contributed by atoms with van der Waals surface area (Å²) in [5.74, 6) is -0.0955. The van der Waals surface area contributed by atoms with Gasteiger partial charge in [-0.15, -0.1) is 0 Å². The molecule has 2 aliphatic rings. The lowest BCUT2D eigenvalue weighted by Crippen LogP contribution is -2.38. The molecule has 1 aliphatic heterocycles. The highest BCUT2D eigenvalue weighted by Crippen LogP contribution is 2.36. The number of hydrogen-bond acceptors (Lipinski definition) is 4. The van der Waals surface area contributed by atoms with Crippen LogP contribution in [0.4, 0.5) is 0 Å². The van der Waals surface area contributed by atoms with Gasteiger partial charge in [-0.2, -0.15) is 0 Å². The molecule has 0 amide bonds. The molecule has 0 bridgehead atoms. The highest BCUT2D eigenvalue weighted by atomic mass is 16.5. The van der Waals surface area contributed by atoms with Gasteiger partial charge in [0.1, 0.15) is 0 Å². The Balaban J connectivity index is 2.24. The number of allylic oxidation sites excluding steroid dienone is 1. The summed E-state index contributed by atoms with van der Waals surface area (Å²) >= 11 is 0. The van der Waals surface area contributed by atoms with Crippen LogP contribution in [0.5, 0.6) is 0 Å². The van der Waals surface area contributed by atoms with Crippen LogP contribution >= 0.6 is 0 Å². The largest absolute Gasteiger partial charge is 0.515 e. The molecule has 100 valence electrons. The number of aliphatic hydroxyl groups excluding tert-OH is 1. The van der Waals surface area contributed by atoms with Crippen LogP contribution in [0.2, 0.25) is 0 Å². The number of carbonyl (C=O) groups excluding carboxylic acids is 1. The molecule has 18 heavy (non-hydrogen) atoms. The van der Waals surface area contributed by atoms with E-state index in [1.165, 1.54) is 0 Å². The number of carbonyl (C=O) groups is 1. The second-order valence-corrected chi connectivity index (χ2v) is 5.01. The van der Waals surface area contributed by atoms with E-state index in [0.717, 1.165) is 37.7 Å². The van der Waals surface area contributed by atoms with Crippen LogP contribution in [0.25, 0.3) is 0 Å². The second kappa shape index (κ2) is 5.67. The monoisotopic (exact) mass is 252 g/mol. The minimum absolute atomic E-state index is 0.0955. The second-order valence-electron chi connectivity index (χ2n) is 5.01. The molecule has 0 radical (unpaired) electrons. The molecular formula is C14H20O4. The van der Waals surface area contributed by atoms with Gasteiger partial charge in [0.05, 0.1) is 25.1 Å². The average Bonchev–Trinajstić information content (AvgIpc) is 2.36. The van der Waals surface area contributed by atoms with E-state index < -0.39 is 5.60 Å². The number of rotatable bonds is 0. The summed E-state index contributed by atoms with van der Waals surface area (Å²) in [5.41, 5.74) is 0.975. The molecule has 1 fully saturated rings. The van der Waals surface area contributed by atoms with Crippen molar-refractivity contribution in [2.45, 2.75) is 38.2 Å². The van der Waals surface area contributed by atoms with E-state index in [9.17, 15) is 4.79 Å². The first-order chi connectivity index (χ1) is 8.65. The van der Waals surface area contributed by atoms with E-state index in [4.69, 9.17) is 14.6 Å². The summed E-state index contributed by atoms with van der Waals surface area (Å²) in [7, 11) is 0. The fourth-order valence-electron chi connectivity index (χ4n) is 2.50. The van der Waals surface area contributed by atoms with Gasteiger partial charge in [0.2, 0.25) is 0 Å². The third-order valence-electron chi connectivity index (χ3n) is 3.62. The summed E-state index contributed by atoms with van der Waals surface area (Å²) in [6.07, 6.45) is 5.83. The Hall–Kier alpha value is -1.13. The predicted molar refractivity (Wildman–Crippen MR) is 67.4 cm³/mol. The van der Waals surface area contributed by atoms with Gasteiger partial charge in [-0.3, -0.25) is 4.79 Å². The summed E-state index contributed by atoms with van der Waals surface area (Å²) in [4.78, 5) is 11.8. The Kier molecular flexibility index (Phi) is 4.19. The normalized spacial score (nSPS) is 32.8. The zero-order valence-electron chi connectivity index (χ0n) is 10.8. The Morgan fingerprint density at radius 1 is 1.33 bits per heavy atom. The molecule has 0 aromatic heterocycles. The molecule has 1 heterocycles. The zero-order valence-corrected chi connectivity index (χ0v) is 10.8. The molecule has 1 aliphatic carbocycles. The van der Waals surface area contributed by atoms with E-state index in [1.807, 2.05) is 6.92 Å². The number of ketones is 1. The first kappa shape index (κ1) is 13.3. The van der Waals surface area contributed by atoms with E-state index in [-0.39, 0.29) is 5.78 Å². The van der Waals surface area contributed by atoms with Gasteiger partial charge in [0.25, 0.3) is 0 Å². The van der Waals surface area contributed by atoms with E-state index in [0.29, 0.717) is 25.2 Å². The smallest absolute Gasteiger partial charge is 0.185 e. The first-order valence-electron chi connectivity index (χ1n) is 6.46. The van der Waals surface area contributed by atoms with E-state index in [1.54, 1.807) is 6.08 Å². The fourth-order valence-corrected chi connectivity index (χ4v) is 2.50. The molecule has 0 aromatic rings. The quantitative estimate of drug-likeness (QED) is 0.531. The van der Waals surface area contributed by atoms with Crippen LogP contribution in [0.15, 0.2) is 23.5 Å². The Bertz CT molecular complexity index is 383. The molecule has 1 saturated heterocycles. The maximum Gasteiger partial charge on any atom is 0.185 e. The van der Waals surface area contributed by atoms with Crippen LogP contribution in [-0.2, 0) is 14.3 Å². The topological polar surface area (TPSA) is 55.8 Å². The van der Waals surface area contributed by atoms with E-state index in [2.05, 4.69) is 0 Å². The van der Waals surface area contributed by atoms with Crippen molar-refractivity contribution in [1.82, 2.24) is 0 Å². The maximum absolute atomic E-state index is 11.8. The van der Waals surface area contributed by atoms with Crippen molar-refractivity contribution < 1.29 is 19.4 Å². The van der Waals surface area contributed by atoms with Crippen LogP contribution in [0.1, 0.15) is 32.6 Å². The van der Waals surface area contributed by atoms with Crippen LogP contribution in [-0.4, -0.2) is 36.3 Å². The lowest BCUT2D eigenvalue weighted by atomic mass is 9.79. The highest BCUT2D eigenvalue weighted by Gasteiger charge is 2.36. The lowest BCUT2D eigenvalue weighted by Gasteiger charge is -2.36. The van der Waals surface area contributed by atoms with Gasteiger partial charge in [-0.25, -0.2) is 0 Å². The first-order valence-corrected chi connectivity index (χ1v) is 6.46. The van der Waals surface area contributed by atoms with Crippen LogP contribution in [0.3, 0.4) is 0 Å². The summed E-state index contributed by atoms with van der Waals surface area (Å²) in [6, 6.07) is 0.